The molecule has 2 bridgehead atoms. The number of furan rings is 2. The van der Waals surface area contributed by atoms with Gasteiger partial charge in [-0.15, -0.1) is 0 Å². The monoisotopic (exact) mass is 148 g/mol. The summed E-state index contributed by atoms with van der Waals surface area (Å²) < 4.78 is 5.53. The van der Waals surface area contributed by atoms with Gasteiger partial charge >= 0.3 is 0 Å². The molecule has 0 fully saturated rings. The molecule has 1 heteroatoms. The van der Waals surface area contributed by atoms with Crippen LogP contribution >= 0.6 is 0 Å². The fourth-order valence-electron chi connectivity index (χ4n) is 1.73. The van der Waals surface area contributed by atoms with Crippen molar-refractivity contribution < 1.29 is 4.42 Å². The largest absolute Gasteiger partial charge is 0.457 e. The van der Waals surface area contributed by atoms with E-state index in [1.54, 1.807) is 0 Å². The number of fused-ring (bicyclic) bond motifs is 2. The highest BCUT2D eigenvalue weighted by Crippen LogP contribution is 2.28. The molecule has 0 saturated heterocycles. The first kappa shape index (κ1) is 6.71. The Morgan fingerprint density at radius 2 is 1.45 bits per heavy atom. The van der Waals surface area contributed by atoms with Crippen LogP contribution in [0, 0.1) is 0 Å². The summed E-state index contributed by atoms with van der Waals surface area (Å²) in [5, 5.41) is 0. The van der Waals surface area contributed by atoms with E-state index in [0.29, 0.717) is 0 Å². The molecule has 2 heterocycles. The van der Waals surface area contributed by atoms with Crippen molar-refractivity contribution in [1.82, 2.24) is 0 Å². The van der Waals surface area contributed by atoms with E-state index in [1.807, 2.05) is 0 Å². The second-order valence-corrected chi connectivity index (χ2v) is 2.83. The van der Waals surface area contributed by atoms with Crippen LogP contribution in [0.1, 0.15) is 25.0 Å². The molecule has 0 aliphatic rings. The van der Waals surface area contributed by atoms with Gasteiger partial charge in [0.1, 0.15) is 11.2 Å². The molecule has 0 aliphatic carbocycles. The third kappa shape index (κ3) is 0.770. The number of hydrogen-bond acceptors (Lipinski definition) is 1. The highest BCUT2D eigenvalue weighted by Gasteiger charge is 2.12. The van der Waals surface area contributed by atoms with Gasteiger partial charge in [-0.2, -0.15) is 0 Å². The lowest BCUT2D eigenvalue weighted by atomic mass is 10.0. The van der Waals surface area contributed by atoms with Crippen LogP contribution in [0.3, 0.4) is 0 Å². The van der Waals surface area contributed by atoms with Gasteiger partial charge in [0.15, 0.2) is 0 Å². The Labute approximate surface area is 66.3 Å². The fourth-order valence-corrected chi connectivity index (χ4v) is 1.73. The van der Waals surface area contributed by atoms with Crippen molar-refractivity contribution in [1.29, 1.82) is 0 Å². The minimum absolute atomic E-state index is 1.08. The second kappa shape index (κ2) is 2.26. The lowest BCUT2D eigenvalue weighted by Gasteiger charge is -1.96. The molecule has 0 unspecified atom stereocenters. The van der Waals surface area contributed by atoms with Crippen LogP contribution in [0.5, 0.6) is 0 Å². The maximum absolute atomic E-state index is 5.53. The van der Waals surface area contributed by atoms with Crippen LogP contribution in [0.25, 0.3) is 11.2 Å². The van der Waals surface area contributed by atoms with Gasteiger partial charge in [0.05, 0.1) is 0 Å². The van der Waals surface area contributed by atoms with Gasteiger partial charge in [-0.25, -0.2) is 0 Å². The fraction of sp³-hybridized carbons (Fsp3) is 0.400. The van der Waals surface area contributed by atoms with Crippen molar-refractivity contribution in [2.24, 2.45) is 0 Å². The van der Waals surface area contributed by atoms with E-state index in [1.165, 1.54) is 11.1 Å². The third-order valence-corrected chi connectivity index (χ3v) is 2.27. The Morgan fingerprint density at radius 1 is 1.00 bits per heavy atom. The van der Waals surface area contributed by atoms with Crippen LogP contribution in [0.15, 0.2) is 16.5 Å². The average Bonchev–Trinajstić information content (AvgIpc) is 2.60. The number of benzene rings is 1. The molecule has 0 amide bonds. The van der Waals surface area contributed by atoms with Crippen LogP contribution in [-0.2, 0) is 12.8 Å². The van der Waals surface area contributed by atoms with Crippen molar-refractivity contribution in [3.63, 3.8) is 0 Å². The van der Waals surface area contributed by atoms with E-state index in [4.69, 9.17) is 4.42 Å². The molecule has 0 spiro atoms. The molecule has 2 rings (SSSR count). The summed E-state index contributed by atoms with van der Waals surface area (Å²) >= 11 is 0. The minimum Gasteiger partial charge on any atom is -0.457 e. The predicted octanol–water partition coefficient (Wildman–Crippen LogP) is 3.00. The van der Waals surface area contributed by atoms with Gasteiger partial charge < -0.3 is 4.42 Å². The molecule has 0 radical (unpaired) electrons. The van der Waals surface area contributed by atoms with E-state index in [0.717, 1.165) is 24.0 Å². The maximum atomic E-state index is 5.53. The summed E-state index contributed by atoms with van der Waals surface area (Å²) in [5.41, 5.74) is 4.98. The Morgan fingerprint density at radius 3 is 1.82 bits per heavy atom. The Kier molecular flexibility index (Phi) is 1.38. The molecule has 0 N–H and O–H groups in total. The van der Waals surface area contributed by atoms with Crippen molar-refractivity contribution in [3.05, 3.63) is 23.3 Å². The smallest absolute Gasteiger partial charge is 0.131 e. The maximum Gasteiger partial charge on any atom is 0.131 e. The number of rotatable bonds is 2. The highest BCUT2D eigenvalue weighted by atomic mass is 16.3. The van der Waals surface area contributed by atoms with Gasteiger partial charge in [-0.1, -0.05) is 13.8 Å². The molecule has 58 valence electrons. The zero-order valence-electron chi connectivity index (χ0n) is 6.98. The van der Waals surface area contributed by atoms with E-state index in [9.17, 15) is 0 Å². The van der Waals surface area contributed by atoms with E-state index in [-0.39, 0.29) is 0 Å². The summed E-state index contributed by atoms with van der Waals surface area (Å²) in [6.07, 6.45) is 2.18. The van der Waals surface area contributed by atoms with Gasteiger partial charge in [0.25, 0.3) is 0 Å². The molecule has 11 heavy (non-hydrogen) atoms. The topological polar surface area (TPSA) is 13.1 Å². The second-order valence-electron chi connectivity index (χ2n) is 2.83. The molecular weight excluding hydrogens is 136 g/mol. The predicted molar refractivity (Wildman–Crippen MR) is 46.2 cm³/mol. The quantitative estimate of drug-likeness (QED) is 0.638. The average molecular weight is 148 g/mol. The Bertz CT molecular complexity index is 313. The zero-order valence-corrected chi connectivity index (χ0v) is 6.98. The normalized spacial score (nSPS) is 11.5. The van der Waals surface area contributed by atoms with E-state index < -0.39 is 0 Å². The highest BCUT2D eigenvalue weighted by molar-refractivity contribution is 5.71. The standard InChI is InChI=1S/C10H12O/c1-3-7-8(4-2)10-6-5-9(7)11-10/h5-6H,3-4H2,1-2H3. The Hall–Kier alpha value is -0.980. The summed E-state index contributed by atoms with van der Waals surface area (Å²) in [5.74, 6) is 0. The first-order valence-electron chi connectivity index (χ1n) is 4.19. The molecule has 1 nitrogen and oxygen atoms in total. The molecular formula is C10H12O. The number of aryl methyl sites for hydroxylation is 2. The summed E-state index contributed by atoms with van der Waals surface area (Å²) in [7, 11) is 0. The summed E-state index contributed by atoms with van der Waals surface area (Å²) in [4.78, 5) is 0. The van der Waals surface area contributed by atoms with E-state index in [2.05, 4.69) is 26.0 Å². The molecule has 2 aromatic heterocycles. The molecule has 0 aliphatic heterocycles. The van der Waals surface area contributed by atoms with Crippen molar-refractivity contribution in [2.45, 2.75) is 26.7 Å². The SMILES string of the molecule is CCc1c(CC)c2ccc1o2. The van der Waals surface area contributed by atoms with Gasteiger partial charge in [0, 0.05) is 11.1 Å². The molecule has 0 saturated carbocycles. The van der Waals surface area contributed by atoms with Crippen LogP contribution in [-0.4, -0.2) is 0 Å². The molecule has 0 aromatic carbocycles. The van der Waals surface area contributed by atoms with Gasteiger partial charge in [-0.05, 0) is 25.0 Å². The minimum atomic E-state index is 1.08. The van der Waals surface area contributed by atoms with Crippen LogP contribution in [0.4, 0.5) is 0 Å². The van der Waals surface area contributed by atoms with Crippen molar-refractivity contribution in [2.75, 3.05) is 0 Å². The first-order chi connectivity index (χ1) is 5.36. The van der Waals surface area contributed by atoms with Crippen molar-refractivity contribution >= 4 is 11.2 Å². The lowest BCUT2D eigenvalue weighted by molar-refractivity contribution is 0.671. The zero-order chi connectivity index (χ0) is 7.84. The number of hydrogen-bond donors (Lipinski definition) is 0. The lowest BCUT2D eigenvalue weighted by Crippen LogP contribution is -1.86. The van der Waals surface area contributed by atoms with Gasteiger partial charge in [0.2, 0.25) is 0 Å². The van der Waals surface area contributed by atoms with Crippen LogP contribution < -0.4 is 0 Å². The van der Waals surface area contributed by atoms with E-state index >= 15 is 0 Å². The van der Waals surface area contributed by atoms with Gasteiger partial charge in [-0.3, -0.25) is 0 Å². The summed E-state index contributed by atoms with van der Waals surface area (Å²) in [6.45, 7) is 4.35. The summed E-state index contributed by atoms with van der Waals surface area (Å²) in [6, 6.07) is 4.13. The Balaban J connectivity index is 2.67. The third-order valence-electron chi connectivity index (χ3n) is 2.27. The first-order valence-corrected chi connectivity index (χ1v) is 4.19. The van der Waals surface area contributed by atoms with Crippen LogP contribution in [0.2, 0.25) is 0 Å². The van der Waals surface area contributed by atoms with Crippen molar-refractivity contribution in [3.8, 4) is 0 Å². The molecule has 0 atom stereocenters. The molecule has 2 aromatic rings.